The van der Waals surface area contributed by atoms with Crippen LogP contribution >= 0.6 is 0 Å². The van der Waals surface area contributed by atoms with Crippen LogP contribution in [0.1, 0.15) is 42.4 Å². The van der Waals surface area contributed by atoms with Crippen LogP contribution in [0.2, 0.25) is 0 Å². The van der Waals surface area contributed by atoms with Crippen molar-refractivity contribution < 1.29 is 14.3 Å². The lowest BCUT2D eigenvalue weighted by Gasteiger charge is -2.54. The van der Waals surface area contributed by atoms with Crippen molar-refractivity contribution in [2.75, 3.05) is 13.6 Å². The molecule has 0 spiro atoms. The fraction of sp³-hybridized carbons (Fsp3) is 0.345. The van der Waals surface area contributed by atoms with Gasteiger partial charge in [0.2, 0.25) is 5.91 Å². The van der Waals surface area contributed by atoms with Crippen molar-refractivity contribution in [2.45, 2.75) is 49.5 Å². The Morgan fingerprint density at radius 1 is 1.09 bits per heavy atom. The van der Waals surface area contributed by atoms with Crippen LogP contribution in [0.15, 0.2) is 60.8 Å². The minimum atomic E-state index is -0.805. The zero-order valence-corrected chi connectivity index (χ0v) is 19.4. The Morgan fingerprint density at radius 2 is 1.82 bits per heavy atom. The fourth-order valence-electron chi connectivity index (χ4n) is 6.42. The number of hydrogen-bond acceptors (Lipinski definition) is 2. The number of likely N-dealkylation sites (N-methyl/N-ethyl adjacent to an activating group) is 1. The number of benzene rings is 3. The first-order chi connectivity index (χ1) is 16.4. The molecule has 1 unspecified atom stereocenters. The molecule has 1 fully saturated rings. The van der Waals surface area contributed by atoms with Crippen molar-refractivity contribution in [3.63, 3.8) is 0 Å². The number of aromatic nitrogens is 1. The van der Waals surface area contributed by atoms with Gasteiger partial charge in [-0.15, -0.1) is 0 Å². The third kappa shape index (κ3) is 3.17. The number of H-pyrrole nitrogens is 1. The second-order valence-electron chi connectivity index (χ2n) is 10.3. The molecule has 2 aliphatic rings. The molecular formula is C29H29FN2O2. The summed E-state index contributed by atoms with van der Waals surface area (Å²) >= 11 is 0. The number of aromatic amines is 1. The van der Waals surface area contributed by atoms with E-state index in [-0.39, 0.29) is 18.1 Å². The lowest BCUT2D eigenvalue weighted by Crippen LogP contribution is -2.62. The van der Waals surface area contributed by atoms with Crippen molar-refractivity contribution in [1.82, 2.24) is 9.88 Å². The van der Waals surface area contributed by atoms with E-state index in [4.69, 9.17) is 0 Å². The van der Waals surface area contributed by atoms with Crippen molar-refractivity contribution in [1.29, 1.82) is 0 Å². The summed E-state index contributed by atoms with van der Waals surface area (Å²) < 4.78 is 13.8. The van der Waals surface area contributed by atoms with Crippen molar-refractivity contribution >= 4 is 27.6 Å². The topological polar surface area (TPSA) is 56.3 Å². The third-order valence-corrected chi connectivity index (χ3v) is 8.30. The van der Waals surface area contributed by atoms with Crippen LogP contribution in [0.4, 0.5) is 4.39 Å². The molecule has 1 saturated carbocycles. The first-order valence-corrected chi connectivity index (χ1v) is 12.1. The standard InChI is InChI=1S/C29H29FN2O2/c1-32(27(33)14-22-17-31-26-9-8-23(30)15-24(22)26)18-28(29(34)10-4-5-11-29)16-21-12-19-6-2-3-7-20(19)13-25(21)28/h2-3,6-9,12-13,15,17,31,34H,4-5,10-11,14,16,18H2,1H3. The van der Waals surface area contributed by atoms with E-state index in [1.807, 2.05) is 19.2 Å². The van der Waals surface area contributed by atoms with Crippen LogP contribution in [-0.4, -0.2) is 40.1 Å². The Balaban J connectivity index is 1.32. The number of fused-ring (bicyclic) bond motifs is 3. The van der Waals surface area contributed by atoms with E-state index in [1.54, 1.807) is 17.2 Å². The van der Waals surface area contributed by atoms with Gasteiger partial charge in [-0.2, -0.15) is 0 Å². The highest BCUT2D eigenvalue weighted by molar-refractivity contribution is 5.89. The smallest absolute Gasteiger partial charge is 0.226 e. The van der Waals surface area contributed by atoms with Gasteiger partial charge in [0.05, 0.1) is 12.0 Å². The summed E-state index contributed by atoms with van der Waals surface area (Å²) in [6.07, 6.45) is 6.32. The minimum Gasteiger partial charge on any atom is -0.389 e. The molecule has 6 rings (SSSR count). The van der Waals surface area contributed by atoms with Gasteiger partial charge in [-0.1, -0.05) is 49.2 Å². The largest absolute Gasteiger partial charge is 0.389 e. The third-order valence-electron chi connectivity index (χ3n) is 8.30. The molecule has 4 nitrogen and oxygen atoms in total. The zero-order valence-electron chi connectivity index (χ0n) is 19.4. The van der Waals surface area contributed by atoms with E-state index in [1.165, 1.54) is 34.0 Å². The second kappa shape index (κ2) is 7.67. The molecule has 0 radical (unpaired) electrons. The molecule has 1 heterocycles. The lowest BCUT2D eigenvalue weighted by molar-refractivity contribution is -0.133. The molecular weight excluding hydrogens is 427 g/mol. The first-order valence-electron chi connectivity index (χ1n) is 12.1. The summed E-state index contributed by atoms with van der Waals surface area (Å²) in [6, 6.07) is 17.4. The maximum atomic E-state index is 13.8. The molecule has 1 atom stereocenters. The van der Waals surface area contributed by atoms with Gasteiger partial charge in [0.25, 0.3) is 0 Å². The van der Waals surface area contributed by atoms with Gasteiger partial charge in [-0.3, -0.25) is 4.79 Å². The highest BCUT2D eigenvalue weighted by Gasteiger charge is 2.58. The number of rotatable bonds is 5. The van der Waals surface area contributed by atoms with Crippen molar-refractivity contribution in [2.24, 2.45) is 0 Å². The van der Waals surface area contributed by atoms with Crippen LogP contribution in [0.25, 0.3) is 21.7 Å². The van der Waals surface area contributed by atoms with Gasteiger partial charge in [-0.05, 0) is 64.9 Å². The maximum Gasteiger partial charge on any atom is 0.226 e. The van der Waals surface area contributed by atoms with Crippen LogP contribution in [0.5, 0.6) is 0 Å². The number of amides is 1. The lowest BCUT2D eigenvalue weighted by atomic mass is 9.54. The summed E-state index contributed by atoms with van der Waals surface area (Å²) in [4.78, 5) is 18.2. The van der Waals surface area contributed by atoms with E-state index >= 15 is 0 Å². The molecule has 0 saturated heterocycles. The van der Waals surface area contributed by atoms with E-state index < -0.39 is 11.0 Å². The molecule has 0 aliphatic heterocycles. The number of carbonyl (C=O) groups excluding carboxylic acids is 1. The molecule has 34 heavy (non-hydrogen) atoms. The quantitative estimate of drug-likeness (QED) is 0.430. The molecule has 3 aromatic carbocycles. The van der Waals surface area contributed by atoms with Gasteiger partial charge in [0.1, 0.15) is 5.82 Å². The molecule has 1 amide bonds. The van der Waals surface area contributed by atoms with E-state index in [2.05, 4.69) is 29.2 Å². The Kier molecular flexibility index (Phi) is 4.82. The van der Waals surface area contributed by atoms with Crippen LogP contribution < -0.4 is 0 Å². The summed E-state index contributed by atoms with van der Waals surface area (Å²) in [5.74, 6) is -0.338. The monoisotopic (exact) mass is 456 g/mol. The van der Waals surface area contributed by atoms with Crippen LogP contribution in [0, 0.1) is 5.82 Å². The molecule has 4 aromatic rings. The van der Waals surface area contributed by atoms with Gasteiger partial charge in [0.15, 0.2) is 0 Å². The summed E-state index contributed by atoms with van der Waals surface area (Å²) in [5, 5.41) is 15.0. The number of nitrogens with one attached hydrogen (secondary N) is 1. The Morgan fingerprint density at radius 3 is 2.59 bits per heavy atom. The Bertz CT molecular complexity index is 1420. The predicted octanol–water partition coefficient (Wildman–Crippen LogP) is 5.26. The van der Waals surface area contributed by atoms with Gasteiger partial charge in [0, 0.05) is 36.1 Å². The highest BCUT2D eigenvalue weighted by Crippen LogP contribution is 2.55. The summed E-state index contributed by atoms with van der Waals surface area (Å²) in [6.45, 7) is 0.477. The number of halogens is 1. The van der Waals surface area contributed by atoms with E-state index in [9.17, 15) is 14.3 Å². The predicted molar refractivity (Wildman–Crippen MR) is 132 cm³/mol. The fourth-order valence-corrected chi connectivity index (χ4v) is 6.42. The molecule has 1 aromatic heterocycles. The minimum absolute atomic E-state index is 0.0274. The molecule has 2 N–H and O–H groups in total. The number of nitrogens with zero attached hydrogens (tertiary/aromatic N) is 1. The molecule has 0 bridgehead atoms. The van der Waals surface area contributed by atoms with Crippen molar-refractivity contribution in [3.8, 4) is 0 Å². The highest BCUT2D eigenvalue weighted by atomic mass is 19.1. The summed E-state index contributed by atoms with van der Waals surface area (Å²) in [7, 11) is 1.83. The Labute approximate surface area is 198 Å². The normalized spacial score (nSPS) is 20.9. The molecule has 5 heteroatoms. The summed E-state index contributed by atoms with van der Waals surface area (Å²) in [5.41, 5.74) is 2.81. The molecule has 2 aliphatic carbocycles. The van der Waals surface area contributed by atoms with E-state index in [0.717, 1.165) is 48.6 Å². The number of hydrogen-bond donors (Lipinski definition) is 2. The first kappa shape index (κ1) is 21.4. The number of carbonyl (C=O) groups is 1. The van der Waals surface area contributed by atoms with Gasteiger partial charge >= 0.3 is 0 Å². The van der Waals surface area contributed by atoms with Crippen LogP contribution in [0.3, 0.4) is 0 Å². The SMILES string of the molecule is CN(CC1(C2(O)CCCC2)Cc2cc3ccccc3cc21)C(=O)Cc1c[nH]c2ccc(F)cc12. The van der Waals surface area contributed by atoms with Crippen LogP contribution in [-0.2, 0) is 23.1 Å². The maximum absolute atomic E-state index is 13.8. The van der Waals surface area contributed by atoms with Gasteiger partial charge < -0.3 is 15.0 Å². The van der Waals surface area contributed by atoms with Gasteiger partial charge in [-0.25, -0.2) is 4.39 Å². The zero-order chi connectivity index (χ0) is 23.5. The second-order valence-corrected chi connectivity index (χ2v) is 10.3. The average molecular weight is 457 g/mol. The van der Waals surface area contributed by atoms with E-state index in [0.29, 0.717) is 6.54 Å². The molecule has 174 valence electrons. The Hall–Kier alpha value is -3.18. The average Bonchev–Trinajstić information content (AvgIpc) is 3.44. The number of aliphatic hydroxyl groups is 1. The van der Waals surface area contributed by atoms with Crippen molar-refractivity contribution in [3.05, 3.63) is 83.3 Å².